The third kappa shape index (κ3) is 2.53. The number of hydrogen-bond acceptors (Lipinski definition) is 3. The van der Waals surface area contributed by atoms with Gasteiger partial charge in [0.2, 0.25) is 0 Å². The summed E-state index contributed by atoms with van der Waals surface area (Å²) >= 11 is 0. The Morgan fingerprint density at radius 1 is 1.50 bits per heavy atom. The number of aldehydes is 1. The zero-order valence-corrected chi connectivity index (χ0v) is 8.24. The Morgan fingerprint density at radius 3 is 2.56 bits per heavy atom. The minimum atomic E-state index is -3.02. The molecular formula is C10H8F2O4. The van der Waals surface area contributed by atoms with Gasteiger partial charge < -0.3 is 9.84 Å². The Bertz CT molecular complexity index is 429. The molecule has 0 unspecified atom stereocenters. The van der Waals surface area contributed by atoms with Crippen molar-refractivity contribution in [2.75, 3.05) is 0 Å². The summed E-state index contributed by atoms with van der Waals surface area (Å²) < 4.78 is 27.9. The van der Waals surface area contributed by atoms with E-state index in [1.54, 1.807) is 0 Å². The summed E-state index contributed by atoms with van der Waals surface area (Å²) in [6.45, 7) is -1.62. The van der Waals surface area contributed by atoms with Crippen LogP contribution in [0.15, 0.2) is 12.1 Å². The summed E-state index contributed by atoms with van der Waals surface area (Å²) in [6, 6.07) is 2.11. The van der Waals surface area contributed by atoms with Crippen LogP contribution in [0.25, 0.3) is 0 Å². The van der Waals surface area contributed by atoms with Crippen LogP contribution < -0.4 is 4.74 Å². The first-order valence-corrected chi connectivity index (χ1v) is 4.23. The molecule has 1 aromatic rings. The second-order valence-electron chi connectivity index (χ2n) is 3.01. The molecule has 0 spiro atoms. The van der Waals surface area contributed by atoms with E-state index in [0.717, 1.165) is 12.1 Å². The zero-order valence-electron chi connectivity index (χ0n) is 8.24. The van der Waals surface area contributed by atoms with E-state index in [9.17, 15) is 18.4 Å². The van der Waals surface area contributed by atoms with E-state index in [-0.39, 0.29) is 28.7 Å². The van der Waals surface area contributed by atoms with Gasteiger partial charge in [0, 0.05) is 5.56 Å². The lowest BCUT2D eigenvalue weighted by Gasteiger charge is -2.09. The van der Waals surface area contributed by atoms with Gasteiger partial charge in [0.25, 0.3) is 0 Å². The number of hydrogen-bond donors (Lipinski definition) is 1. The summed E-state index contributed by atoms with van der Waals surface area (Å²) in [5.41, 5.74) is -0.215. The number of carbonyl (C=O) groups excluding carboxylic acids is 1. The maximum Gasteiger partial charge on any atom is 0.387 e. The second kappa shape index (κ2) is 4.69. The highest BCUT2D eigenvalue weighted by molar-refractivity contribution is 5.98. The van der Waals surface area contributed by atoms with Gasteiger partial charge in [-0.05, 0) is 24.6 Å². The van der Waals surface area contributed by atoms with Gasteiger partial charge in [0.05, 0.1) is 5.56 Å². The number of rotatable bonds is 4. The van der Waals surface area contributed by atoms with Gasteiger partial charge in [-0.15, -0.1) is 0 Å². The highest BCUT2D eigenvalue weighted by Crippen LogP contribution is 2.22. The monoisotopic (exact) mass is 230 g/mol. The molecule has 0 fully saturated rings. The maximum absolute atomic E-state index is 11.9. The standard InChI is InChI=1S/C10H8F2O4/c1-5-2-7(16-10(11)12)3-6(4-13)8(5)9(14)15/h2-4,10H,1H3,(H,14,15). The van der Waals surface area contributed by atoms with Gasteiger partial charge >= 0.3 is 12.6 Å². The number of aryl methyl sites for hydroxylation is 1. The zero-order chi connectivity index (χ0) is 12.3. The molecule has 0 radical (unpaired) electrons. The third-order valence-corrected chi connectivity index (χ3v) is 1.91. The molecule has 0 aliphatic carbocycles. The normalized spacial score (nSPS) is 10.2. The lowest BCUT2D eigenvalue weighted by molar-refractivity contribution is -0.0499. The summed E-state index contributed by atoms with van der Waals surface area (Å²) in [5, 5.41) is 8.80. The summed E-state index contributed by atoms with van der Waals surface area (Å²) in [7, 11) is 0. The van der Waals surface area contributed by atoms with Crippen LogP contribution in [0.3, 0.4) is 0 Å². The molecule has 0 amide bonds. The van der Waals surface area contributed by atoms with Crippen molar-refractivity contribution in [2.24, 2.45) is 0 Å². The van der Waals surface area contributed by atoms with E-state index in [1.165, 1.54) is 6.92 Å². The number of carboxylic acids is 1. The highest BCUT2D eigenvalue weighted by Gasteiger charge is 2.16. The topological polar surface area (TPSA) is 63.6 Å². The van der Waals surface area contributed by atoms with Crippen LogP contribution in [0, 0.1) is 6.92 Å². The highest BCUT2D eigenvalue weighted by atomic mass is 19.3. The van der Waals surface area contributed by atoms with Crippen LogP contribution in [0.2, 0.25) is 0 Å². The first-order valence-electron chi connectivity index (χ1n) is 4.23. The van der Waals surface area contributed by atoms with Crippen LogP contribution in [-0.2, 0) is 0 Å². The fourth-order valence-corrected chi connectivity index (χ4v) is 1.34. The van der Waals surface area contributed by atoms with E-state index in [4.69, 9.17) is 5.11 Å². The van der Waals surface area contributed by atoms with Gasteiger partial charge in [-0.3, -0.25) is 4.79 Å². The molecule has 1 rings (SSSR count). The average Bonchev–Trinajstić information content (AvgIpc) is 2.14. The molecule has 0 aliphatic heterocycles. The fourth-order valence-electron chi connectivity index (χ4n) is 1.34. The summed E-state index contributed by atoms with van der Waals surface area (Å²) in [6.07, 6.45) is 0.286. The van der Waals surface area contributed by atoms with E-state index >= 15 is 0 Å². The van der Waals surface area contributed by atoms with Crippen molar-refractivity contribution >= 4 is 12.3 Å². The van der Waals surface area contributed by atoms with Crippen molar-refractivity contribution in [1.82, 2.24) is 0 Å². The molecule has 0 saturated carbocycles. The molecule has 0 saturated heterocycles. The van der Waals surface area contributed by atoms with E-state index in [1.807, 2.05) is 0 Å². The SMILES string of the molecule is Cc1cc(OC(F)F)cc(C=O)c1C(=O)O. The van der Waals surface area contributed by atoms with Crippen LogP contribution in [0.5, 0.6) is 5.75 Å². The lowest BCUT2D eigenvalue weighted by atomic mass is 10.0. The van der Waals surface area contributed by atoms with Crippen molar-refractivity contribution < 1.29 is 28.2 Å². The molecule has 4 nitrogen and oxygen atoms in total. The predicted molar refractivity (Wildman–Crippen MR) is 50.2 cm³/mol. The molecule has 16 heavy (non-hydrogen) atoms. The van der Waals surface area contributed by atoms with E-state index < -0.39 is 12.6 Å². The number of alkyl halides is 2. The van der Waals surface area contributed by atoms with E-state index in [2.05, 4.69) is 4.74 Å². The number of carboxylic acid groups (broad SMARTS) is 1. The molecule has 1 N–H and O–H groups in total. The summed E-state index contributed by atoms with van der Waals surface area (Å²) in [4.78, 5) is 21.4. The molecular weight excluding hydrogens is 222 g/mol. The Balaban J connectivity index is 3.26. The smallest absolute Gasteiger partial charge is 0.387 e. The first kappa shape index (κ1) is 12.1. The average molecular weight is 230 g/mol. The maximum atomic E-state index is 11.9. The minimum absolute atomic E-state index is 0.188. The molecule has 86 valence electrons. The van der Waals surface area contributed by atoms with Crippen molar-refractivity contribution in [3.8, 4) is 5.75 Å². The predicted octanol–water partition coefficient (Wildman–Crippen LogP) is 2.11. The number of aromatic carboxylic acids is 1. The van der Waals surface area contributed by atoms with Gasteiger partial charge in [-0.1, -0.05) is 0 Å². The Kier molecular flexibility index (Phi) is 3.55. The van der Waals surface area contributed by atoms with Crippen LogP contribution in [0.4, 0.5) is 8.78 Å². The van der Waals surface area contributed by atoms with Crippen LogP contribution in [-0.4, -0.2) is 24.0 Å². The van der Waals surface area contributed by atoms with Gasteiger partial charge in [0.15, 0.2) is 6.29 Å². The number of carbonyl (C=O) groups is 2. The van der Waals surface area contributed by atoms with Gasteiger partial charge in [0.1, 0.15) is 5.75 Å². The largest absolute Gasteiger partial charge is 0.478 e. The molecule has 0 heterocycles. The molecule has 0 bridgehead atoms. The molecule has 1 aromatic carbocycles. The van der Waals surface area contributed by atoms with Crippen molar-refractivity contribution in [3.63, 3.8) is 0 Å². The van der Waals surface area contributed by atoms with Gasteiger partial charge in [-0.2, -0.15) is 8.78 Å². The summed E-state index contributed by atoms with van der Waals surface area (Å²) in [5.74, 6) is -1.53. The first-order chi connectivity index (χ1) is 7.45. The van der Waals surface area contributed by atoms with Crippen LogP contribution in [0.1, 0.15) is 26.3 Å². The third-order valence-electron chi connectivity index (χ3n) is 1.91. The molecule has 0 aliphatic rings. The molecule has 6 heteroatoms. The van der Waals surface area contributed by atoms with Gasteiger partial charge in [-0.25, -0.2) is 4.79 Å². The van der Waals surface area contributed by atoms with Crippen LogP contribution >= 0.6 is 0 Å². The quantitative estimate of drug-likeness (QED) is 0.804. The minimum Gasteiger partial charge on any atom is -0.478 e. The van der Waals surface area contributed by atoms with Crippen molar-refractivity contribution in [1.29, 1.82) is 0 Å². The Hall–Kier alpha value is -1.98. The molecule has 0 atom stereocenters. The Labute approximate surface area is 89.5 Å². The Morgan fingerprint density at radius 2 is 2.12 bits per heavy atom. The number of benzene rings is 1. The van der Waals surface area contributed by atoms with E-state index in [0.29, 0.717) is 0 Å². The second-order valence-corrected chi connectivity index (χ2v) is 3.01. The lowest BCUT2D eigenvalue weighted by Crippen LogP contribution is -2.08. The van der Waals surface area contributed by atoms with Crippen molar-refractivity contribution in [2.45, 2.75) is 13.5 Å². The number of ether oxygens (including phenoxy) is 1. The molecule has 0 aromatic heterocycles. The van der Waals surface area contributed by atoms with Crippen molar-refractivity contribution in [3.05, 3.63) is 28.8 Å². The fraction of sp³-hybridized carbons (Fsp3) is 0.200. The number of halogens is 2.